The predicted molar refractivity (Wildman–Crippen MR) is 134 cm³/mol. The molecule has 1 saturated heterocycles. The molecule has 3 aliphatic heterocycles. The third kappa shape index (κ3) is 3.54. The van der Waals surface area contributed by atoms with Crippen LogP contribution in [0.2, 0.25) is 5.02 Å². The monoisotopic (exact) mass is 526 g/mol. The summed E-state index contributed by atoms with van der Waals surface area (Å²) < 4.78 is 35.9. The fraction of sp³-hybridized carbons (Fsp3) is 0.269. The van der Waals surface area contributed by atoms with Crippen molar-refractivity contribution in [1.29, 1.82) is 0 Å². The van der Waals surface area contributed by atoms with E-state index in [4.69, 9.17) is 16.3 Å². The van der Waals surface area contributed by atoms with Crippen molar-refractivity contribution in [3.8, 4) is 17.0 Å². The van der Waals surface area contributed by atoms with Crippen LogP contribution in [0.3, 0.4) is 0 Å². The van der Waals surface area contributed by atoms with Gasteiger partial charge in [-0.15, -0.1) is 0 Å². The maximum atomic E-state index is 16.1. The Morgan fingerprint density at radius 3 is 2.78 bits per heavy atom. The lowest BCUT2D eigenvalue weighted by molar-refractivity contribution is -0.128. The number of nitrogens with zero attached hydrogens (tertiary/aromatic N) is 4. The van der Waals surface area contributed by atoms with Crippen LogP contribution < -0.4 is 14.5 Å². The topological polar surface area (TPSA) is 86.2 Å². The molecule has 0 aliphatic carbocycles. The molecule has 0 unspecified atom stereocenters. The fourth-order valence-electron chi connectivity index (χ4n) is 5.36. The molecule has 3 aromatic rings. The highest BCUT2D eigenvalue weighted by molar-refractivity contribution is 6.34. The number of pyridine rings is 1. The van der Waals surface area contributed by atoms with E-state index in [9.17, 15) is 19.1 Å². The number of rotatable bonds is 3. The second-order valence-corrected chi connectivity index (χ2v) is 9.54. The summed E-state index contributed by atoms with van der Waals surface area (Å²) in [6.45, 7) is 3.95. The summed E-state index contributed by atoms with van der Waals surface area (Å²) in [7, 11) is 0. The Morgan fingerprint density at radius 2 is 2.05 bits per heavy atom. The second kappa shape index (κ2) is 8.67. The Hall–Kier alpha value is -3.76. The Labute approximate surface area is 215 Å². The van der Waals surface area contributed by atoms with Crippen molar-refractivity contribution in [3.63, 3.8) is 0 Å². The minimum atomic E-state index is -0.770. The molecule has 0 radical (unpaired) electrons. The Morgan fingerprint density at radius 1 is 1.24 bits per heavy atom. The lowest BCUT2D eigenvalue weighted by Gasteiger charge is -2.50. The van der Waals surface area contributed by atoms with Gasteiger partial charge in [-0.3, -0.25) is 9.59 Å². The van der Waals surface area contributed by atoms with Gasteiger partial charge < -0.3 is 24.5 Å². The highest BCUT2D eigenvalue weighted by Crippen LogP contribution is 2.51. The number of aliphatic hydroxyl groups is 1. The summed E-state index contributed by atoms with van der Waals surface area (Å²) in [5.74, 6) is -1.86. The summed E-state index contributed by atoms with van der Waals surface area (Å²) in [6, 6.07) is 6.26. The lowest BCUT2D eigenvalue weighted by Crippen LogP contribution is -2.65. The molecule has 2 aromatic carbocycles. The third-order valence-corrected chi connectivity index (χ3v) is 7.34. The average Bonchev–Trinajstić information content (AvgIpc) is 2.90. The third-order valence-electron chi connectivity index (χ3n) is 7.04. The Bertz CT molecular complexity index is 1500. The first-order valence-electron chi connectivity index (χ1n) is 11.7. The molecule has 190 valence electrons. The van der Waals surface area contributed by atoms with E-state index in [1.54, 1.807) is 17.0 Å². The molecule has 0 spiro atoms. The maximum Gasteiger partial charge on any atom is 0.251 e. The van der Waals surface area contributed by atoms with Crippen LogP contribution in [0.25, 0.3) is 22.0 Å². The van der Waals surface area contributed by atoms with Crippen LogP contribution in [-0.2, 0) is 9.59 Å². The molecule has 0 saturated carbocycles. The van der Waals surface area contributed by atoms with Crippen LogP contribution in [0, 0.1) is 11.6 Å². The van der Waals surface area contributed by atoms with Crippen LogP contribution in [-0.4, -0.2) is 71.7 Å². The van der Waals surface area contributed by atoms with Gasteiger partial charge in [-0.25, -0.2) is 13.8 Å². The molecule has 8 nitrogen and oxygen atoms in total. The zero-order valence-corrected chi connectivity index (χ0v) is 20.2. The van der Waals surface area contributed by atoms with Crippen LogP contribution in [0.5, 0.6) is 5.88 Å². The highest BCUT2D eigenvalue weighted by atomic mass is 35.5. The molecule has 6 rings (SSSR count). The number of anilines is 2. The number of carbonyl (C=O) groups is 2. The van der Waals surface area contributed by atoms with E-state index in [1.165, 1.54) is 29.2 Å². The first kappa shape index (κ1) is 23.6. The molecule has 1 fully saturated rings. The van der Waals surface area contributed by atoms with Crippen LogP contribution in [0.15, 0.2) is 43.0 Å². The fourth-order valence-corrected chi connectivity index (χ4v) is 5.66. The first-order valence-corrected chi connectivity index (χ1v) is 12.1. The van der Waals surface area contributed by atoms with Gasteiger partial charge in [-0.05, 0) is 29.8 Å². The second-order valence-electron chi connectivity index (χ2n) is 9.14. The number of piperazine rings is 1. The molecule has 1 aromatic heterocycles. The van der Waals surface area contributed by atoms with Crippen molar-refractivity contribution in [2.75, 3.05) is 42.6 Å². The summed E-state index contributed by atoms with van der Waals surface area (Å²) in [5.41, 5.74) is 1.06. The van der Waals surface area contributed by atoms with Crippen LogP contribution in [0.4, 0.5) is 20.2 Å². The molecule has 0 bridgehead atoms. The maximum absolute atomic E-state index is 16.1. The first-order chi connectivity index (χ1) is 17.8. The van der Waals surface area contributed by atoms with Gasteiger partial charge in [0.25, 0.3) is 5.91 Å². The molecule has 2 atom stereocenters. The minimum Gasteiger partial charge on any atom is -0.468 e. The molecule has 37 heavy (non-hydrogen) atoms. The van der Waals surface area contributed by atoms with Crippen molar-refractivity contribution in [2.24, 2.45) is 0 Å². The van der Waals surface area contributed by atoms with Crippen molar-refractivity contribution in [3.05, 3.63) is 59.6 Å². The van der Waals surface area contributed by atoms with Gasteiger partial charge in [0.2, 0.25) is 11.8 Å². The lowest BCUT2D eigenvalue weighted by atomic mass is 9.96. The number of aliphatic hydroxyl groups excluding tert-OH is 1. The van der Waals surface area contributed by atoms with Gasteiger partial charge >= 0.3 is 0 Å². The van der Waals surface area contributed by atoms with Gasteiger partial charge in [-0.2, -0.15) is 0 Å². The zero-order valence-electron chi connectivity index (χ0n) is 19.5. The molecular formula is C26H21ClF2N4O4. The van der Waals surface area contributed by atoms with Crippen molar-refractivity contribution in [2.45, 2.75) is 12.1 Å². The van der Waals surface area contributed by atoms with E-state index < -0.39 is 23.8 Å². The van der Waals surface area contributed by atoms with E-state index in [1.807, 2.05) is 4.90 Å². The molecule has 1 N–H and O–H groups in total. The van der Waals surface area contributed by atoms with E-state index in [2.05, 4.69) is 11.6 Å². The molecule has 3 aliphatic rings. The number of aromatic nitrogens is 1. The summed E-state index contributed by atoms with van der Waals surface area (Å²) in [6.07, 6.45) is 0.432. The van der Waals surface area contributed by atoms with Gasteiger partial charge in [0.15, 0.2) is 5.82 Å². The van der Waals surface area contributed by atoms with Gasteiger partial charge in [0.1, 0.15) is 29.2 Å². The number of hydrogen-bond donors (Lipinski definition) is 1. The van der Waals surface area contributed by atoms with Crippen molar-refractivity contribution >= 4 is 45.7 Å². The number of carbonyl (C=O) groups excluding carboxylic acids is 2. The van der Waals surface area contributed by atoms with Crippen LogP contribution >= 0.6 is 11.6 Å². The predicted octanol–water partition coefficient (Wildman–Crippen LogP) is 3.14. The summed E-state index contributed by atoms with van der Waals surface area (Å²) in [5, 5.41) is 10.2. The average molecular weight is 527 g/mol. The largest absolute Gasteiger partial charge is 0.468 e. The van der Waals surface area contributed by atoms with E-state index >= 15 is 4.39 Å². The molecule has 11 heteroatoms. The van der Waals surface area contributed by atoms with Gasteiger partial charge in [0.05, 0.1) is 30.4 Å². The molecule has 4 heterocycles. The number of ether oxygens (including phenoxy) is 1. The normalized spacial score (nSPS) is 20.4. The zero-order chi connectivity index (χ0) is 26.0. The van der Waals surface area contributed by atoms with E-state index in [0.29, 0.717) is 29.9 Å². The number of hydrogen-bond acceptors (Lipinski definition) is 6. The number of amides is 2. The van der Waals surface area contributed by atoms with E-state index in [-0.39, 0.29) is 59.1 Å². The number of halogens is 3. The van der Waals surface area contributed by atoms with Crippen LogP contribution in [0.1, 0.15) is 0 Å². The summed E-state index contributed by atoms with van der Waals surface area (Å²) in [4.78, 5) is 35.2. The van der Waals surface area contributed by atoms with E-state index in [0.717, 1.165) is 0 Å². The number of fused-ring (bicyclic) bond motifs is 4. The van der Waals surface area contributed by atoms with Crippen molar-refractivity contribution < 1.29 is 28.2 Å². The summed E-state index contributed by atoms with van der Waals surface area (Å²) >= 11 is 6.58. The Balaban J connectivity index is 1.60. The smallest absolute Gasteiger partial charge is 0.251 e. The standard InChI is InChI=1S/C26H21ClF2N4O4/c1-2-19(35)31-6-7-32-18(11-31)26(36)33-10-15(12-34)37-25-24(33)23(32)16-9-17(27)20(21(29)22(16)30-25)13-4-3-5-14(28)8-13/h2-5,8-9,15,18,34H,1,6-7,10-12H2/t15-,18+/m0/s1. The van der Waals surface area contributed by atoms with Gasteiger partial charge in [0, 0.05) is 24.0 Å². The minimum absolute atomic E-state index is 0.00970. The van der Waals surface area contributed by atoms with Crippen molar-refractivity contribution in [1.82, 2.24) is 9.88 Å². The highest BCUT2D eigenvalue weighted by Gasteiger charge is 2.47. The molecular weight excluding hydrogens is 506 g/mol. The molecule has 2 amide bonds. The van der Waals surface area contributed by atoms with Gasteiger partial charge in [-0.1, -0.05) is 30.3 Å². The SMILES string of the molecule is C=CC(=O)N1CCN2c3c4c(nc5c(F)c(-c6cccc(F)c6)c(Cl)cc35)O[C@H](CO)CN4C(=O)[C@H]2C1. The Kier molecular flexibility index (Phi) is 5.54. The number of benzene rings is 2. The quantitative estimate of drug-likeness (QED) is 0.528.